The zero-order valence-corrected chi connectivity index (χ0v) is 11.4. The van der Waals surface area contributed by atoms with Crippen LogP contribution in [0.5, 0.6) is 0 Å². The number of carbonyl (C=O) groups is 3. The Kier molecular flexibility index (Phi) is 9.20. The summed E-state index contributed by atoms with van der Waals surface area (Å²) in [5.74, 6) is -1.15. The Bertz CT molecular complexity index is 378. The highest BCUT2D eigenvalue weighted by atomic mass is 16.5. The zero-order chi connectivity index (χ0) is 15.4. The summed E-state index contributed by atoms with van der Waals surface area (Å²) in [6.45, 7) is 8.41. The van der Waals surface area contributed by atoms with Crippen molar-refractivity contribution in [3.63, 3.8) is 0 Å². The Morgan fingerprint density at radius 3 is 1.85 bits per heavy atom. The van der Waals surface area contributed by atoms with E-state index in [9.17, 15) is 14.4 Å². The molecule has 0 spiro atoms. The molecule has 0 radical (unpaired) electrons. The summed E-state index contributed by atoms with van der Waals surface area (Å²) in [5, 5.41) is 0. The fourth-order valence-electron chi connectivity index (χ4n) is 1.13. The lowest BCUT2D eigenvalue weighted by molar-refractivity contribution is -0.138. The molecule has 0 aromatic heterocycles. The summed E-state index contributed by atoms with van der Waals surface area (Å²) in [4.78, 5) is 38.3. The summed E-state index contributed by atoms with van der Waals surface area (Å²) in [5.41, 5.74) is 0. The lowest BCUT2D eigenvalue weighted by atomic mass is 10.5. The van der Waals surface area contributed by atoms with Crippen molar-refractivity contribution in [2.45, 2.75) is 6.92 Å². The van der Waals surface area contributed by atoms with Crippen molar-refractivity contribution < 1.29 is 23.9 Å². The molecule has 20 heavy (non-hydrogen) atoms. The van der Waals surface area contributed by atoms with Gasteiger partial charge in [-0.15, -0.1) is 0 Å². The van der Waals surface area contributed by atoms with Crippen LogP contribution in [-0.2, 0) is 19.1 Å². The van der Waals surface area contributed by atoms with Gasteiger partial charge in [-0.3, -0.25) is 0 Å². The van der Waals surface area contributed by atoms with Gasteiger partial charge in [0.15, 0.2) is 0 Å². The number of rotatable bonds is 8. The van der Waals surface area contributed by atoms with E-state index in [0.29, 0.717) is 0 Å². The SMILES string of the molecule is C=CC(=O)OCCN(CCOC(=O)C=C)C(=O)N=CC. The third-order valence-electron chi connectivity index (χ3n) is 2.05. The van der Waals surface area contributed by atoms with E-state index in [2.05, 4.69) is 18.2 Å². The predicted octanol–water partition coefficient (Wildman–Crippen LogP) is 0.958. The smallest absolute Gasteiger partial charge is 0.343 e. The average Bonchev–Trinajstić information content (AvgIpc) is 2.45. The fourth-order valence-corrected chi connectivity index (χ4v) is 1.13. The van der Waals surface area contributed by atoms with Gasteiger partial charge < -0.3 is 14.4 Å². The van der Waals surface area contributed by atoms with E-state index in [4.69, 9.17) is 9.47 Å². The molecule has 0 aromatic rings. The molecular formula is C13H18N2O5. The van der Waals surface area contributed by atoms with E-state index in [1.807, 2.05) is 0 Å². The Morgan fingerprint density at radius 2 is 1.50 bits per heavy atom. The minimum absolute atomic E-state index is 0.00519. The first-order valence-electron chi connectivity index (χ1n) is 5.91. The number of nitrogens with zero attached hydrogens (tertiary/aromatic N) is 2. The second-order valence-corrected chi connectivity index (χ2v) is 3.40. The van der Waals surface area contributed by atoms with E-state index in [1.165, 1.54) is 11.1 Å². The maximum Gasteiger partial charge on any atom is 0.343 e. The van der Waals surface area contributed by atoms with Crippen LogP contribution in [-0.4, -0.2) is 55.4 Å². The maximum atomic E-state index is 11.6. The number of hydrogen-bond acceptors (Lipinski definition) is 5. The molecule has 7 nitrogen and oxygen atoms in total. The van der Waals surface area contributed by atoms with Crippen LogP contribution in [0, 0.1) is 0 Å². The van der Waals surface area contributed by atoms with Crippen LogP contribution in [0.2, 0.25) is 0 Å². The minimum atomic E-state index is -0.575. The van der Waals surface area contributed by atoms with Crippen molar-refractivity contribution in [3.8, 4) is 0 Å². The predicted molar refractivity (Wildman–Crippen MR) is 73.4 cm³/mol. The first-order valence-corrected chi connectivity index (χ1v) is 5.91. The molecular weight excluding hydrogens is 264 g/mol. The molecule has 0 heterocycles. The minimum Gasteiger partial charge on any atom is -0.461 e. The third kappa shape index (κ3) is 7.80. The summed E-state index contributed by atoms with van der Waals surface area (Å²) < 4.78 is 9.54. The number of ether oxygens (including phenoxy) is 2. The van der Waals surface area contributed by atoms with Gasteiger partial charge in [0.25, 0.3) is 0 Å². The quantitative estimate of drug-likeness (QED) is 0.376. The van der Waals surface area contributed by atoms with Crippen LogP contribution in [0.1, 0.15) is 6.92 Å². The molecule has 0 bridgehead atoms. The number of urea groups is 1. The third-order valence-corrected chi connectivity index (χ3v) is 2.05. The summed E-state index contributed by atoms with van der Waals surface area (Å²) in [7, 11) is 0. The number of aliphatic imine (C=N–C) groups is 1. The number of hydrogen-bond donors (Lipinski definition) is 0. The van der Waals surface area contributed by atoms with Gasteiger partial charge in [-0.2, -0.15) is 0 Å². The van der Waals surface area contributed by atoms with E-state index in [0.717, 1.165) is 12.2 Å². The second-order valence-electron chi connectivity index (χ2n) is 3.40. The van der Waals surface area contributed by atoms with E-state index in [-0.39, 0.29) is 26.3 Å². The van der Waals surface area contributed by atoms with E-state index >= 15 is 0 Å². The van der Waals surface area contributed by atoms with Gasteiger partial charge in [0.1, 0.15) is 13.2 Å². The Morgan fingerprint density at radius 1 is 1.05 bits per heavy atom. The number of amides is 2. The van der Waals surface area contributed by atoms with Crippen LogP contribution >= 0.6 is 0 Å². The Labute approximate surface area is 117 Å². The molecule has 0 fully saturated rings. The van der Waals surface area contributed by atoms with E-state index < -0.39 is 18.0 Å². The molecule has 0 aromatic carbocycles. The molecule has 0 aliphatic rings. The highest BCUT2D eigenvalue weighted by Gasteiger charge is 2.13. The lowest BCUT2D eigenvalue weighted by Gasteiger charge is -2.19. The van der Waals surface area contributed by atoms with Gasteiger partial charge in [-0.1, -0.05) is 13.2 Å². The van der Waals surface area contributed by atoms with Crippen molar-refractivity contribution in [2.75, 3.05) is 26.3 Å². The first-order chi connectivity index (χ1) is 9.54. The molecule has 0 aliphatic carbocycles. The second kappa shape index (κ2) is 10.5. The average molecular weight is 282 g/mol. The standard InChI is InChI=1S/C13H18N2O5/c1-4-11(16)19-9-7-15(13(18)14-6-3)8-10-20-12(17)5-2/h4-6H,1-2,7-10H2,3H3. The summed E-state index contributed by atoms with van der Waals surface area (Å²) in [6, 6.07) is -0.503. The highest BCUT2D eigenvalue weighted by Crippen LogP contribution is 1.95. The first kappa shape index (κ1) is 17.6. The molecule has 0 aliphatic heterocycles. The fraction of sp³-hybridized carbons (Fsp3) is 0.385. The van der Waals surface area contributed by atoms with Gasteiger partial charge in [0.2, 0.25) is 0 Å². The van der Waals surface area contributed by atoms with Crippen LogP contribution in [0.4, 0.5) is 4.79 Å². The monoisotopic (exact) mass is 282 g/mol. The Balaban J connectivity index is 4.30. The topological polar surface area (TPSA) is 85.3 Å². The number of carbonyl (C=O) groups excluding carboxylic acids is 3. The van der Waals surface area contributed by atoms with Crippen molar-refractivity contribution in [1.29, 1.82) is 0 Å². The van der Waals surface area contributed by atoms with Gasteiger partial charge in [-0.05, 0) is 6.92 Å². The van der Waals surface area contributed by atoms with Crippen LogP contribution in [0.3, 0.4) is 0 Å². The van der Waals surface area contributed by atoms with Crippen molar-refractivity contribution in [3.05, 3.63) is 25.3 Å². The number of esters is 2. The Hall–Kier alpha value is -2.44. The highest BCUT2D eigenvalue weighted by molar-refractivity contribution is 5.83. The van der Waals surface area contributed by atoms with Gasteiger partial charge in [0.05, 0.1) is 13.1 Å². The molecule has 0 atom stereocenters. The van der Waals surface area contributed by atoms with Gasteiger partial charge >= 0.3 is 18.0 Å². The van der Waals surface area contributed by atoms with Crippen molar-refractivity contribution >= 4 is 24.2 Å². The molecule has 0 rings (SSSR count). The summed E-state index contributed by atoms with van der Waals surface area (Å²) in [6.07, 6.45) is 3.41. The summed E-state index contributed by atoms with van der Waals surface area (Å²) >= 11 is 0. The van der Waals surface area contributed by atoms with Gasteiger partial charge in [0, 0.05) is 18.4 Å². The van der Waals surface area contributed by atoms with Gasteiger partial charge in [-0.25, -0.2) is 19.4 Å². The molecule has 0 unspecified atom stereocenters. The normalized spacial score (nSPS) is 9.85. The molecule has 7 heteroatoms. The van der Waals surface area contributed by atoms with Crippen molar-refractivity contribution in [2.24, 2.45) is 4.99 Å². The molecule has 2 amide bonds. The largest absolute Gasteiger partial charge is 0.461 e. The molecule has 0 N–H and O–H groups in total. The van der Waals surface area contributed by atoms with Crippen LogP contribution in [0.15, 0.2) is 30.3 Å². The van der Waals surface area contributed by atoms with Crippen LogP contribution in [0.25, 0.3) is 0 Å². The van der Waals surface area contributed by atoms with E-state index in [1.54, 1.807) is 6.92 Å². The molecule has 110 valence electrons. The van der Waals surface area contributed by atoms with Crippen LogP contribution < -0.4 is 0 Å². The molecule has 0 saturated heterocycles. The lowest BCUT2D eigenvalue weighted by Crippen LogP contribution is -2.35. The zero-order valence-electron chi connectivity index (χ0n) is 11.4. The molecule has 0 saturated carbocycles. The maximum absolute atomic E-state index is 11.6. The van der Waals surface area contributed by atoms with Crippen molar-refractivity contribution in [1.82, 2.24) is 4.90 Å².